The molecule has 154 valence electrons. The van der Waals surface area contributed by atoms with E-state index in [0.717, 1.165) is 16.7 Å². The van der Waals surface area contributed by atoms with Crippen LogP contribution < -0.4 is 0 Å². The zero-order chi connectivity index (χ0) is 21.2. The molecule has 0 unspecified atom stereocenters. The first-order chi connectivity index (χ1) is 14.5. The molecule has 0 amide bonds. The van der Waals surface area contributed by atoms with Crippen LogP contribution in [0.2, 0.25) is 0 Å². The molecule has 0 spiro atoms. The van der Waals surface area contributed by atoms with Gasteiger partial charge in [0.25, 0.3) is 0 Å². The second-order valence-corrected chi connectivity index (χ2v) is 9.46. The number of hydrogen-bond donors (Lipinski definition) is 0. The van der Waals surface area contributed by atoms with Gasteiger partial charge >= 0.3 is 0 Å². The van der Waals surface area contributed by atoms with Gasteiger partial charge in [-0.05, 0) is 30.2 Å². The molecule has 5 heteroatoms. The molecule has 0 saturated carbocycles. The SMILES string of the molecule is C=C[C@@H]1N(S(=O)(=O)c2ccc(C)cc2)C[C@]1(OCc1ccccc1)c1ccccc1. The highest BCUT2D eigenvalue weighted by molar-refractivity contribution is 7.89. The summed E-state index contributed by atoms with van der Waals surface area (Å²) in [6.45, 7) is 6.50. The topological polar surface area (TPSA) is 46.6 Å². The highest BCUT2D eigenvalue weighted by Crippen LogP contribution is 2.46. The van der Waals surface area contributed by atoms with Crippen molar-refractivity contribution >= 4 is 10.0 Å². The van der Waals surface area contributed by atoms with E-state index in [4.69, 9.17) is 4.74 Å². The number of aryl methyl sites for hydroxylation is 1. The fraction of sp³-hybridized carbons (Fsp3) is 0.200. The Morgan fingerprint density at radius 3 is 2.20 bits per heavy atom. The highest BCUT2D eigenvalue weighted by atomic mass is 32.2. The zero-order valence-corrected chi connectivity index (χ0v) is 17.8. The molecule has 1 saturated heterocycles. The lowest BCUT2D eigenvalue weighted by atomic mass is 9.79. The molecule has 4 nitrogen and oxygen atoms in total. The van der Waals surface area contributed by atoms with Gasteiger partial charge in [0.15, 0.2) is 0 Å². The Morgan fingerprint density at radius 1 is 1.00 bits per heavy atom. The Hall–Kier alpha value is -2.73. The van der Waals surface area contributed by atoms with Crippen LogP contribution >= 0.6 is 0 Å². The van der Waals surface area contributed by atoms with E-state index < -0.39 is 21.7 Å². The van der Waals surface area contributed by atoms with Gasteiger partial charge in [-0.1, -0.05) is 84.4 Å². The first-order valence-corrected chi connectivity index (χ1v) is 11.4. The van der Waals surface area contributed by atoms with Crippen molar-refractivity contribution in [3.8, 4) is 0 Å². The van der Waals surface area contributed by atoms with E-state index in [1.165, 1.54) is 4.31 Å². The summed E-state index contributed by atoms with van der Waals surface area (Å²) >= 11 is 0. The summed E-state index contributed by atoms with van der Waals surface area (Å²) in [5, 5.41) is 0. The predicted molar refractivity (Wildman–Crippen MR) is 118 cm³/mol. The van der Waals surface area contributed by atoms with Crippen LogP contribution in [0.3, 0.4) is 0 Å². The number of sulfonamides is 1. The third kappa shape index (κ3) is 3.60. The minimum Gasteiger partial charge on any atom is -0.362 e. The number of nitrogens with zero attached hydrogens (tertiary/aromatic N) is 1. The quantitative estimate of drug-likeness (QED) is 0.523. The predicted octanol–water partition coefficient (Wildman–Crippen LogP) is 4.67. The van der Waals surface area contributed by atoms with Crippen molar-refractivity contribution < 1.29 is 13.2 Å². The third-order valence-electron chi connectivity index (χ3n) is 5.63. The van der Waals surface area contributed by atoms with Gasteiger partial charge < -0.3 is 4.74 Å². The summed E-state index contributed by atoms with van der Waals surface area (Å²) in [4.78, 5) is 0.282. The minimum atomic E-state index is -3.66. The Bertz CT molecular complexity index is 1110. The maximum absolute atomic E-state index is 13.3. The van der Waals surface area contributed by atoms with Crippen molar-refractivity contribution in [3.05, 3.63) is 114 Å². The third-order valence-corrected chi connectivity index (χ3v) is 7.47. The largest absolute Gasteiger partial charge is 0.362 e. The van der Waals surface area contributed by atoms with E-state index in [-0.39, 0.29) is 11.4 Å². The second kappa shape index (κ2) is 8.19. The number of rotatable bonds is 7. The van der Waals surface area contributed by atoms with Crippen LogP contribution in [0, 0.1) is 6.92 Å². The maximum Gasteiger partial charge on any atom is 0.243 e. The maximum atomic E-state index is 13.3. The smallest absolute Gasteiger partial charge is 0.243 e. The second-order valence-electron chi connectivity index (χ2n) is 7.57. The van der Waals surface area contributed by atoms with Gasteiger partial charge in [0.05, 0.1) is 24.1 Å². The molecule has 1 aliphatic rings. The number of ether oxygens (including phenoxy) is 1. The van der Waals surface area contributed by atoms with E-state index in [1.54, 1.807) is 18.2 Å². The molecule has 0 radical (unpaired) electrons. The average Bonchev–Trinajstić information content (AvgIpc) is 2.75. The summed E-state index contributed by atoms with van der Waals surface area (Å²) in [6, 6.07) is 26.1. The summed E-state index contributed by atoms with van der Waals surface area (Å²) in [7, 11) is -3.66. The van der Waals surface area contributed by atoms with Crippen molar-refractivity contribution in [2.75, 3.05) is 6.54 Å². The van der Waals surface area contributed by atoms with E-state index >= 15 is 0 Å². The molecule has 2 atom stereocenters. The molecule has 3 aromatic rings. The molecule has 3 aromatic carbocycles. The molecular formula is C25H25NO3S. The van der Waals surface area contributed by atoms with Crippen molar-refractivity contribution in [1.29, 1.82) is 0 Å². The van der Waals surface area contributed by atoms with Crippen molar-refractivity contribution in [3.63, 3.8) is 0 Å². The Kier molecular flexibility index (Phi) is 5.60. The van der Waals surface area contributed by atoms with Gasteiger partial charge in [-0.15, -0.1) is 6.58 Å². The van der Waals surface area contributed by atoms with E-state index in [0.29, 0.717) is 6.61 Å². The fourth-order valence-corrected chi connectivity index (χ4v) is 5.58. The Labute approximate surface area is 178 Å². The first-order valence-electron chi connectivity index (χ1n) is 9.92. The van der Waals surface area contributed by atoms with Crippen LogP contribution in [0.15, 0.2) is 102 Å². The Balaban J connectivity index is 1.68. The summed E-state index contributed by atoms with van der Waals surface area (Å²) < 4.78 is 34.5. The van der Waals surface area contributed by atoms with Gasteiger partial charge in [-0.25, -0.2) is 8.42 Å². The number of benzene rings is 3. The highest BCUT2D eigenvalue weighted by Gasteiger charge is 2.58. The van der Waals surface area contributed by atoms with E-state index in [1.807, 2.05) is 79.7 Å². The Morgan fingerprint density at radius 2 is 1.60 bits per heavy atom. The van der Waals surface area contributed by atoms with Crippen LogP contribution in [0.4, 0.5) is 0 Å². The normalized spacial score (nSPS) is 21.7. The summed E-state index contributed by atoms with van der Waals surface area (Å²) in [6.07, 6.45) is 1.67. The summed E-state index contributed by atoms with van der Waals surface area (Å²) in [5.41, 5.74) is 2.22. The van der Waals surface area contributed by atoms with Gasteiger partial charge in [0, 0.05) is 0 Å². The lowest BCUT2D eigenvalue weighted by Gasteiger charge is -2.55. The van der Waals surface area contributed by atoms with Gasteiger partial charge in [-0.3, -0.25) is 0 Å². The molecule has 4 rings (SSSR count). The molecular weight excluding hydrogens is 394 g/mol. The van der Waals surface area contributed by atoms with Crippen molar-refractivity contribution in [2.45, 2.75) is 30.1 Å². The van der Waals surface area contributed by atoms with Crippen LogP contribution in [0.1, 0.15) is 16.7 Å². The lowest BCUT2D eigenvalue weighted by molar-refractivity contribution is -0.158. The van der Waals surface area contributed by atoms with Gasteiger partial charge in [0.1, 0.15) is 5.60 Å². The van der Waals surface area contributed by atoms with Crippen LogP contribution in [0.5, 0.6) is 0 Å². The molecule has 30 heavy (non-hydrogen) atoms. The first kappa shape index (κ1) is 20.5. The van der Waals surface area contributed by atoms with Gasteiger partial charge in [0.2, 0.25) is 10.0 Å². The lowest BCUT2D eigenvalue weighted by Crippen LogP contribution is -2.68. The molecule has 1 fully saturated rings. The molecule has 0 aromatic heterocycles. The molecule has 1 heterocycles. The van der Waals surface area contributed by atoms with Gasteiger partial charge in [-0.2, -0.15) is 4.31 Å². The van der Waals surface area contributed by atoms with Crippen molar-refractivity contribution in [1.82, 2.24) is 4.31 Å². The monoisotopic (exact) mass is 419 g/mol. The molecule has 0 aliphatic carbocycles. The van der Waals surface area contributed by atoms with Crippen LogP contribution in [-0.4, -0.2) is 25.3 Å². The minimum absolute atomic E-state index is 0.233. The van der Waals surface area contributed by atoms with E-state index in [2.05, 4.69) is 6.58 Å². The number of hydrogen-bond acceptors (Lipinski definition) is 3. The standard InChI is InChI=1S/C25H25NO3S/c1-3-24-25(22-12-8-5-9-13-22,29-18-21-10-6-4-7-11-21)19-26(24)30(27,28)23-16-14-20(2)15-17-23/h3-17,24H,1,18-19H2,2H3/t24-,25-/m0/s1. The van der Waals surface area contributed by atoms with Crippen molar-refractivity contribution in [2.24, 2.45) is 0 Å². The summed E-state index contributed by atoms with van der Waals surface area (Å²) in [5.74, 6) is 0. The van der Waals surface area contributed by atoms with E-state index in [9.17, 15) is 8.42 Å². The molecule has 0 bridgehead atoms. The van der Waals surface area contributed by atoms with Crippen LogP contribution in [0.25, 0.3) is 0 Å². The van der Waals surface area contributed by atoms with Crippen LogP contribution in [-0.2, 0) is 27.0 Å². The molecule has 0 N–H and O–H groups in total. The average molecular weight is 420 g/mol. The zero-order valence-electron chi connectivity index (χ0n) is 16.9. The fourth-order valence-electron chi connectivity index (χ4n) is 3.91. The molecule has 1 aliphatic heterocycles.